The van der Waals surface area contributed by atoms with Gasteiger partial charge in [0.2, 0.25) is 0 Å². The van der Waals surface area contributed by atoms with Gasteiger partial charge in [-0.2, -0.15) is 0 Å². The van der Waals surface area contributed by atoms with Crippen molar-refractivity contribution in [2.24, 2.45) is 23.3 Å². The van der Waals surface area contributed by atoms with E-state index in [4.69, 9.17) is 11.5 Å². The Kier molecular flexibility index (Phi) is 5.51. The summed E-state index contributed by atoms with van der Waals surface area (Å²) in [7, 11) is 0. The van der Waals surface area contributed by atoms with Crippen LogP contribution in [-0.4, -0.2) is 12.6 Å². The van der Waals surface area contributed by atoms with Crippen molar-refractivity contribution in [3.05, 3.63) is 0 Å². The van der Waals surface area contributed by atoms with Gasteiger partial charge in [-0.3, -0.25) is 0 Å². The van der Waals surface area contributed by atoms with Crippen LogP contribution in [0.5, 0.6) is 0 Å². The molecule has 4 N–H and O–H groups in total. The number of hydrogen-bond donors (Lipinski definition) is 2. The van der Waals surface area contributed by atoms with E-state index in [1.165, 1.54) is 6.42 Å². The fraction of sp³-hybridized carbons (Fsp3) is 1.00. The summed E-state index contributed by atoms with van der Waals surface area (Å²) in [6.07, 6.45) is 2.27. The largest absolute Gasteiger partial charge is 0.330 e. The van der Waals surface area contributed by atoms with E-state index >= 15 is 0 Å². The molecule has 68 valence electrons. The molecule has 0 saturated heterocycles. The summed E-state index contributed by atoms with van der Waals surface area (Å²) in [5.41, 5.74) is 11.3. The molecular weight excluding hydrogens is 136 g/mol. The minimum absolute atomic E-state index is 0.307. The van der Waals surface area contributed by atoms with Gasteiger partial charge in [0.1, 0.15) is 0 Å². The summed E-state index contributed by atoms with van der Waals surface area (Å²) in [5.74, 6) is 1.32. The topological polar surface area (TPSA) is 52.0 Å². The van der Waals surface area contributed by atoms with Crippen LogP contribution in [0, 0.1) is 11.8 Å². The van der Waals surface area contributed by atoms with Gasteiger partial charge >= 0.3 is 0 Å². The predicted octanol–water partition coefficient (Wildman–Crippen LogP) is 1.34. The Morgan fingerprint density at radius 3 is 2.00 bits per heavy atom. The molecule has 0 aromatic heterocycles. The molecule has 0 saturated carbocycles. The van der Waals surface area contributed by atoms with Gasteiger partial charge in [-0.05, 0) is 38.1 Å². The second-order valence-electron chi connectivity index (χ2n) is 3.70. The molecule has 0 aliphatic heterocycles. The van der Waals surface area contributed by atoms with Gasteiger partial charge in [0.05, 0.1) is 0 Å². The van der Waals surface area contributed by atoms with E-state index in [-0.39, 0.29) is 0 Å². The Hall–Kier alpha value is -0.0800. The van der Waals surface area contributed by atoms with Crippen LogP contribution in [0.15, 0.2) is 0 Å². The van der Waals surface area contributed by atoms with E-state index in [2.05, 4.69) is 20.8 Å². The molecule has 0 aromatic carbocycles. The van der Waals surface area contributed by atoms with Gasteiger partial charge in [-0.25, -0.2) is 0 Å². The molecule has 0 fully saturated rings. The first-order valence-electron chi connectivity index (χ1n) is 4.55. The molecule has 0 aliphatic rings. The van der Waals surface area contributed by atoms with E-state index in [9.17, 15) is 0 Å². The van der Waals surface area contributed by atoms with Crippen molar-refractivity contribution in [3.63, 3.8) is 0 Å². The monoisotopic (exact) mass is 158 g/mol. The molecule has 2 unspecified atom stereocenters. The maximum absolute atomic E-state index is 5.84. The van der Waals surface area contributed by atoms with Crippen LogP contribution >= 0.6 is 0 Å². The summed E-state index contributed by atoms with van der Waals surface area (Å²) in [6.45, 7) is 7.33. The lowest BCUT2D eigenvalue weighted by Crippen LogP contribution is -2.30. The van der Waals surface area contributed by atoms with Crippen LogP contribution in [0.1, 0.15) is 33.6 Å². The quantitative estimate of drug-likeness (QED) is 0.634. The molecule has 2 atom stereocenters. The van der Waals surface area contributed by atoms with E-state index in [0.717, 1.165) is 13.0 Å². The normalized spacial score (nSPS) is 16.9. The first kappa shape index (κ1) is 10.9. The third-order valence-electron chi connectivity index (χ3n) is 2.27. The number of nitrogens with two attached hydrogens (primary N) is 2. The fourth-order valence-electron chi connectivity index (χ4n) is 1.56. The highest BCUT2D eigenvalue weighted by atomic mass is 14.6. The highest BCUT2D eigenvalue weighted by molar-refractivity contribution is 4.71. The van der Waals surface area contributed by atoms with Gasteiger partial charge in [0, 0.05) is 6.04 Å². The van der Waals surface area contributed by atoms with Crippen molar-refractivity contribution >= 4 is 0 Å². The molecule has 2 heteroatoms. The third-order valence-corrected chi connectivity index (χ3v) is 2.27. The maximum atomic E-state index is 5.84. The molecule has 0 bridgehead atoms. The van der Waals surface area contributed by atoms with Crippen LogP contribution in [0.2, 0.25) is 0 Å². The Balaban J connectivity index is 3.70. The van der Waals surface area contributed by atoms with Gasteiger partial charge in [0.15, 0.2) is 0 Å². The molecule has 0 aliphatic carbocycles. The molecule has 0 heterocycles. The standard InChI is InChI=1S/C9H22N2/c1-7(2)9(8(3)11)5-4-6-10/h7-9H,4-6,10-11H2,1-3H3. The smallest absolute Gasteiger partial charge is 0.00412 e. The molecular formula is C9H22N2. The lowest BCUT2D eigenvalue weighted by Gasteiger charge is -2.24. The van der Waals surface area contributed by atoms with Crippen molar-refractivity contribution in [3.8, 4) is 0 Å². The molecule has 2 nitrogen and oxygen atoms in total. The Morgan fingerprint density at radius 1 is 1.18 bits per heavy atom. The lowest BCUT2D eigenvalue weighted by atomic mass is 9.86. The van der Waals surface area contributed by atoms with Crippen LogP contribution in [0.25, 0.3) is 0 Å². The van der Waals surface area contributed by atoms with Crippen molar-refractivity contribution in [2.75, 3.05) is 6.54 Å². The summed E-state index contributed by atoms with van der Waals surface area (Å²) < 4.78 is 0. The fourth-order valence-corrected chi connectivity index (χ4v) is 1.56. The summed E-state index contributed by atoms with van der Waals surface area (Å²) >= 11 is 0. The molecule has 0 amide bonds. The Bertz CT molecular complexity index is 81.6. The zero-order valence-electron chi connectivity index (χ0n) is 8.01. The maximum Gasteiger partial charge on any atom is 0.00412 e. The number of hydrogen-bond acceptors (Lipinski definition) is 2. The van der Waals surface area contributed by atoms with Gasteiger partial charge in [-0.15, -0.1) is 0 Å². The molecule has 0 spiro atoms. The minimum atomic E-state index is 0.307. The average Bonchev–Trinajstić information content (AvgIpc) is 1.87. The van der Waals surface area contributed by atoms with E-state index in [0.29, 0.717) is 17.9 Å². The van der Waals surface area contributed by atoms with E-state index in [1.807, 2.05) is 0 Å². The molecule has 11 heavy (non-hydrogen) atoms. The van der Waals surface area contributed by atoms with Crippen LogP contribution in [-0.2, 0) is 0 Å². The van der Waals surface area contributed by atoms with Crippen LogP contribution in [0.3, 0.4) is 0 Å². The lowest BCUT2D eigenvalue weighted by molar-refractivity contribution is 0.306. The summed E-state index contributed by atoms with van der Waals surface area (Å²) in [5, 5.41) is 0. The van der Waals surface area contributed by atoms with Gasteiger partial charge in [0.25, 0.3) is 0 Å². The zero-order valence-corrected chi connectivity index (χ0v) is 8.01. The summed E-state index contributed by atoms with van der Waals surface area (Å²) in [4.78, 5) is 0. The van der Waals surface area contributed by atoms with E-state index < -0.39 is 0 Å². The predicted molar refractivity (Wildman–Crippen MR) is 50.3 cm³/mol. The SMILES string of the molecule is CC(C)C(CCCN)C(C)N. The second-order valence-corrected chi connectivity index (χ2v) is 3.70. The summed E-state index contributed by atoms with van der Waals surface area (Å²) in [6, 6.07) is 0.307. The van der Waals surface area contributed by atoms with Crippen molar-refractivity contribution in [1.29, 1.82) is 0 Å². The second kappa shape index (κ2) is 5.56. The van der Waals surface area contributed by atoms with Gasteiger partial charge in [-0.1, -0.05) is 13.8 Å². The first-order valence-corrected chi connectivity index (χ1v) is 4.55. The molecule has 0 aromatic rings. The van der Waals surface area contributed by atoms with E-state index in [1.54, 1.807) is 0 Å². The highest BCUT2D eigenvalue weighted by Gasteiger charge is 2.16. The number of rotatable bonds is 5. The Morgan fingerprint density at radius 2 is 1.73 bits per heavy atom. The highest BCUT2D eigenvalue weighted by Crippen LogP contribution is 2.19. The average molecular weight is 158 g/mol. The third kappa shape index (κ3) is 4.38. The van der Waals surface area contributed by atoms with Crippen LogP contribution < -0.4 is 11.5 Å². The minimum Gasteiger partial charge on any atom is -0.330 e. The Labute approximate surface area is 70.3 Å². The molecule has 0 radical (unpaired) electrons. The van der Waals surface area contributed by atoms with Crippen LogP contribution in [0.4, 0.5) is 0 Å². The molecule has 0 rings (SSSR count). The van der Waals surface area contributed by atoms with Gasteiger partial charge < -0.3 is 11.5 Å². The van der Waals surface area contributed by atoms with Crippen molar-refractivity contribution < 1.29 is 0 Å². The van der Waals surface area contributed by atoms with Crippen molar-refractivity contribution in [2.45, 2.75) is 39.7 Å². The van der Waals surface area contributed by atoms with Crippen molar-refractivity contribution in [1.82, 2.24) is 0 Å². The zero-order chi connectivity index (χ0) is 8.85. The first-order chi connectivity index (χ1) is 5.09.